The number of ketones is 1. The summed E-state index contributed by atoms with van der Waals surface area (Å²) in [5.74, 6) is -1.49. The van der Waals surface area contributed by atoms with Crippen LogP contribution >= 0.6 is 11.6 Å². The molecule has 4 rings (SSSR count). The molecule has 3 unspecified atom stereocenters. The van der Waals surface area contributed by atoms with Crippen LogP contribution < -0.4 is 4.90 Å². The average Bonchev–Trinajstić information content (AvgIpc) is 3.11. The Labute approximate surface area is 173 Å². The number of aliphatic hydroxyl groups excluding tert-OH is 1. The van der Waals surface area contributed by atoms with Gasteiger partial charge in [-0.05, 0) is 44.2 Å². The number of carbonyl (C=O) groups is 2. The summed E-state index contributed by atoms with van der Waals surface area (Å²) < 4.78 is 0. The Kier molecular flexibility index (Phi) is 5.36. The smallest absolute Gasteiger partial charge is 0.309 e. The fraction of sp³-hybridized carbons (Fsp3) is 0.476. The van der Waals surface area contributed by atoms with Crippen LogP contribution in [-0.2, 0) is 11.2 Å². The van der Waals surface area contributed by atoms with E-state index in [0.29, 0.717) is 35.8 Å². The largest absolute Gasteiger partial charge is 0.481 e. The first-order valence-corrected chi connectivity index (χ1v) is 10.3. The number of carbonyl (C=O) groups excluding carboxylic acids is 1. The fourth-order valence-electron chi connectivity index (χ4n) is 4.59. The molecule has 2 heterocycles. The number of carboxylic acids is 1. The zero-order valence-electron chi connectivity index (χ0n) is 16.2. The van der Waals surface area contributed by atoms with Gasteiger partial charge in [0.15, 0.2) is 11.6 Å². The van der Waals surface area contributed by atoms with Gasteiger partial charge in [-0.2, -0.15) is 5.10 Å². The first-order valence-electron chi connectivity index (χ1n) is 9.90. The van der Waals surface area contributed by atoms with E-state index in [1.54, 1.807) is 6.07 Å². The summed E-state index contributed by atoms with van der Waals surface area (Å²) >= 11 is 6.35. The number of rotatable bonds is 4. The number of Topliss-reactive ketones (excluding diaryl/α,β-unsaturated/α-hetero) is 1. The van der Waals surface area contributed by atoms with Crippen LogP contribution in [0.2, 0.25) is 5.02 Å². The number of carboxylic acid groups (broad SMARTS) is 1. The normalized spacial score (nSPS) is 24.2. The Morgan fingerprint density at radius 2 is 2.10 bits per heavy atom. The van der Waals surface area contributed by atoms with Crippen LogP contribution in [0.15, 0.2) is 18.2 Å². The van der Waals surface area contributed by atoms with Gasteiger partial charge < -0.3 is 15.1 Å². The number of anilines is 1. The first-order chi connectivity index (χ1) is 13.9. The number of halogens is 1. The number of piperidine rings is 1. The van der Waals surface area contributed by atoms with Crippen molar-refractivity contribution in [2.45, 2.75) is 44.6 Å². The number of aliphatic hydroxyl groups is 1. The third-order valence-corrected chi connectivity index (χ3v) is 6.43. The third kappa shape index (κ3) is 3.53. The van der Waals surface area contributed by atoms with E-state index in [1.807, 2.05) is 24.0 Å². The molecule has 2 aliphatic rings. The van der Waals surface area contributed by atoms with E-state index in [0.717, 1.165) is 29.7 Å². The second-order valence-corrected chi connectivity index (χ2v) is 8.33. The van der Waals surface area contributed by atoms with Crippen molar-refractivity contribution in [3.63, 3.8) is 0 Å². The summed E-state index contributed by atoms with van der Waals surface area (Å²) in [6.45, 7) is 2.53. The van der Waals surface area contributed by atoms with E-state index in [4.69, 9.17) is 11.6 Å². The van der Waals surface area contributed by atoms with Crippen molar-refractivity contribution in [1.82, 2.24) is 10.2 Å². The fourth-order valence-corrected chi connectivity index (χ4v) is 4.91. The predicted molar refractivity (Wildman–Crippen MR) is 109 cm³/mol. The number of hydrogen-bond donors (Lipinski definition) is 3. The molecule has 1 aliphatic heterocycles. The number of nitrogens with one attached hydrogen (secondary N) is 1. The maximum atomic E-state index is 13.5. The van der Waals surface area contributed by atoms with Crippen molar-refractivity contribution in [2.24, 2.45) is 5.92 Å². The van der Waals surface area contributed by atoms with E-state index in [-0.39, 0.29) is 18.2 Å². The third-order valence-electron chi connectivity index (χ3n) is 6.11. The number of benzene rings is 1. The molecule has 1 aromatic heterocycles. The quantitative estimate of drug-likeness (QED) is 0.660. The highest BCUT2D eigenvalue weighted by atomic mass is 35.5. The maximum Gasteiger partial charge on any atom is 0.309 e. The molecular weight excluding hydrogens is 394 g/mol. The summed E-state index contributed by atoms with van der Waals surface area (Å²) in [6, 6.07) is 5.44. The van der Waals surface area contributed by atoms with Gasteiger partial charge in [0.25, 0.3) is 0 Å². The van der Waals surface area contributed by atoms with Gasteiger partial charge in [-0.25, -0.2) is 0 Å². The molecule has 0 spiro atoms. The minimum atomic E-state index is -0.983. The average molecular weight is 418 g/mol. The predicted octanol–water partition coefficient (Wildman–Crippen LogP) is 2.95. The minimum absolute atomic E-state index is 0.0160. The van der Waals surface area contributed by atoms with Gasteiger partial charge in [-0.1, -0.05) is 23.7 Å². The van der Waals surface area contributed by atoms with Crippen LogP contribution in [0.25, 0.3) is 0 Å². The lowest BCUT2D eigenvalue weighted by molar-refractivity contribution is -0.146. The molecule has 8 heteroatoms. The standard InChI is InChI=1S/C21H24ClN3O4/c1-11-4-2-6-14(22)17(11)19(27)13-5-3-7-15-18(13)20(24-23-15)25-9-8-12(21(28)29)16(26)10-25/h2,4,6,12-13,16,26H,3,5,7-10H2,1H3,(H,23,24)(H,28,29). The van der Waals surface area contributed by atoms with Crippen LogP contribution in [0.3, 0.4) is 0 Å². The maximum absolute atomic E-state index is 13.5. The van der Waals surface area contributed by atoms with E-state index in [9.17, 15) is 19.8 Å². The topological polar surface area (TPSA) is 107 Å². The monoisotopic (exact) mass is 417 g/mol. The number of hydrogen-bond acceptors (Lipinski definition) is 5. The lowest BCUT2D eigenvalue weighted by Crippen LogP contribution is -2.47. The van der Waals surface area contributed by atoms with Crippen LogP contribution in [0.1, 0.15) is 52.4 Å². The molecule has 1 fully saturated rings. The van der Waals surface area contributed by atoms with Crippen LogP contribution in [0.5, 0.6) is 0 Å². The molecule has 1 saturated heterocycles. The van der Waals surface area contributed by atoms with Crippen molar-refractivity contribution < 1.29 is 19.8 Å². The Morgan fingerprint density at radius 1 is 1.31 bits per heavy atom. The number of β-amino-alcohol motifs (C(OH)–C–C–N with tert-alkyl or cyclic N) is 1. The molecule has 154 valence electrons. The van der Waals surface area contributed by atoms with Gasteiger partial charge in [0, 0.05) is 29.9 Å². The minimum Gasteiger partial charge on any atom is -0.481 e. The van der Waals surface area contributed by atoms with Crippen LogP contribution in [0, 0.1) is 12.8 Å². The van der Waals surface area contributed by atoms with Gasteiger partial charge in [0.05, 0.1) is 23.0 Å². The highest BCUT2D eigenvalue weighted by Gasteiger charge is 2.38. The summed E-state index contributed by atoms with van der Waals surface area (Å²) in [6.07, 6.45) is 1.74. The summed E-state index contributed by atoms with van der Waals surface area (Å²) in [4.78, 5) is 26.7. The van der Waals surface area contributed by atoms with E-state index < -0.39 is 18.0 Å². The van der Waals surface area contributed by atoms with Crippen molar-refractivity contribution in [3.8, 4) is 0 Å². The zero-order chi connectivity index (χ0) is 20.7. The number of nitrogens with zero attached hydrogens (tertiary/aromatic N) is 2. The van der Waals surface area contributed by atoms with Gasteiger partial charge in [0.2, 0.25) is 0 Å². The number of aliphatic carboxylic acids is 1. The summed E-state index contributed by atoms with van der Waals surface area (Å²) in [5.41, 5.74) is 3.19. The van der Waals surface area contributed by atoms with E-state index >= 15 is 0 Å². The number of aromatic nitrogens is 2. The molecule has 2 aromatic rings. The highest BCUT2D eigenvalue weighted by molar-refractivity contribution is 6.34. The molecule has 3 atom stereocenters. The Hall–Kier alpha value is -2.38. The Morgan fingerprint density at radius 3 is 2.79 bits per heavy atom. The van der Waals surface area contributed by atoms with Crippen molar-refractivity contribution in [1.29, 1.82) is 0 Å². The lowest BCUT2D eigenvalue weighted by atomic mass is 9.80. The molecule has 0 radical (unpaired) electrons. The molecule has 29 heavy (non-hydrogen) atoms. The summed E-state index contributed by atoms with van der Waals surface area (Å²) in [5, 5.41) is 27.5. The van der Waals surface area contributed by atoms with Gasteiger partial charge in [-0.3, -0.25) is 14.7 Å². The van der Waals surface area contributed by atoms with Crippen LogP contribution in [-0.4, -0.2) is 51.4 Å². The molecule has 1 aliphatic carbocycles. The van der Waals surface area contributed by atoms with Crippen molar-refractivity contribution in [3.05, 3.63) is 45.6 Å². The number of aryl methyl sites for hydroxylation is 2. The molecule has 3 N–H and O–H groups in total. The van der Waals surface area contributed by atoms with Crippen LogP contribution in [0.4, 0.5) is 5.82 Å². The number of H-pyrrole nitrogens is 1. The van der Waals surface area contributed by atoms with E-state index in [2.05, 4.69) is 10.2 Å². The lowest BCUT2D eigenvalue weighted by Gasteiger charge is -2.35. The SMILES string of the molecule is Cc1cccc(Cl)c1C(=O)C1CCCc2[nH]nc(N3CCC(C(=O)O)C(O)C3)c21. The van der Waals surface area contributed by atoms with Crippen molar-refractivity contribution in [2.75, 3.05) is 18.0 Å². The van der Waals surface area contributed by atoms with Crippen molar-refractivity contribution >= 4 is 29.2 Å². The molecule has 0 bridgehead atoms. The molecule has 0 saturated carbocycles. The number of fused-ring (bicyclic) bond motifs is 1. The number of aromatic amines is 1. The zero-order valence-corrected chi connectivity index (χ0v) is 16.9. The molecule has 0 amide bonds. The van der Waals surface area contributed by atoms with E-state index in [1.165, 1.54) is 0 Å². The van der Waals surface area contributed by atoms with Gasteiger partial charge >= 0.3 is 5.97 Å². The molecular formula is C21H24ClN3O4. The first kappa shape index (κ1) is 19.9. The Balaban J connectivity index is 1.67. The molecule has 1 aromatic carbocycles. The second kappa shape index (κ2) is 7.80. The van der Waals surface area contributed by atoms with Gasteiger partial charge in [-0.15, -0.1) is 0 Å². The Bertz CT molecular complexity index is 937. The second-order valence-electron chi connectivity index (χ2n) is 7.93. The molecule has 7 nitrogen and oxygen atoms in total. The van der Waals surface area contributed by atoms with Gasteiger partial charge in [0.1, 0.15) is 0 Å². The highest BCUT2D eigenvalue weighted by Crippen LogP contribution is 2.41. The summed E-state index contributed by atoms with van der Waals surface area (Å²) in [7, 11) is 0.